The van der Waals surface area contributed by atoms with Crippen LogP contribution in [0, 0.1) is 0 Å². The summed E-state index contributed by atoms with van der Waals surface area (Å²) < 4.78 is 44.8. The van der Waals surface area contributed by atoms with Crippen molar-refractivity contribution in [2.75, 3.05) is 0 Å². The molecule has 0 N–H and O–H groups in total. The topological polar surface area (TPSA) is 30.2 Å². The van der Waals surface area contributed by atoms with Crippen molar-refractivity contribution in [1.29, 1.82) is 0 Å². The molecule has 0 fully saturated rings. The predicted octanol–water partition coefficient (Wildman–Crippen LogP) is 6.62. The zero-order valence-electron chi connectivity index (χ0n) is 13.3. The second-order valence-electron chi connectivity index (χ2n) is 5.49. The van der Waals surface area contributed by atoms with Gasteiger partial charge in [-0.2, -0.15) is 13.2 Å². The molecule has 0 atom stereocenters. The van der Waals surface area contributed by atoms with E-state index in [2.05, 4.69) is 15.9 Å². The van der Waals surface area contributed by atoms with Gasteiger partial charge in [-0.1, -0.05) is 28.1 Å². The number of allylic oxidation sites excluding steroid dienone is 1. The van der Waals surface area contributed by atoms with Crippen molar-refractivity contribution in [2.24, 2.45) is 0 Å². The van der Waals surface area contributed by atoms with E-state index in [-0.39, 0.29) is 5.78 Å². The van der Waals surface area contributed by atoms with E-state index in [1.165, 1.54) is 24.3 Å². The molecular weight excluding hydrogens is 409 g/mol. The lowest BCUT2D eigenvalue weighted by Crippen LogP contribution is -2.04. The van der Waals surface area contributed by atoms with Crippen LogP contribution in [0.3, 0.4) is 0 Å². The fraction of sp³-hybridized carbons (Fsp3) is 0.0500. The van der Waals surface area contributed by atoms with E-state index < -0.39 is 11.7 Å². The van der Waals surface area contributed by atoms with Crippen LogP contribution in [0.5, 0.6) is 0 Å². The summed E-state index contributed by atoms with van der Waals surface area (Å²) in [5, 5.41) is 0. The van der Waals surface area contributed by atoms with E-state index in [0.717, 1.165) is 16.6 Å². The Bertz CT molecular complexity index is 954. The number of carbonyl (C=O) groups excluding carboxylic acids is 1. The molecule has 26 heavy (non-hydrogen) atoms. The Kier molecular flexibility index (Phi) is 5.13. The molecule has 2 nitrogen and oxygen atoms in total. The van der Waals surface area contributed by atoms with Crippen LogP contribution in [0.1, 0.15) is 21.7 Å². The molecule has 0 aliphatic heterocycles. The molecule has 0 saturated heterocycles. The van der Waals surface area contributed by atoms with Crippen LogP contribution in [0.15, 0.2) is 75.6 Å². The fourth-order valence-corrected chi connectivity index (χ4v) is 2.58. The highest BCUT2D eigenvalue weighted by atomic mass is 79.9. The molecule has 0 aliphatic rings. The van der Waals surface area contributed by atoms with Crippen LogP contribution in [0.4, 0.5) is 13.2 Å². The zero-order valence-corrected chi connectivity index (χ0v) is 14.8. The molecule has 2 aromatic carbocycles. The van der Waals surface area contributed by atoms with Crippen molar-refractivity contribution in [3.05, 3.63) is 88.1 Å². The minimum absolute atomic E-state index is 0.200. The molecule has 132 valence electrons. The third-order valence-electron chi connectivity index (χ3n) is 3.63. The number of rotatable bonds is 4. The van der Waals surface area contributed by atoms with Crippen LogP contribution >= 0.6 is 15.9 Å². The average molecular weight is 421 g/mol. The summed E-state index contributed by atoms with van der Waals surface area (Å²) in [6.45, 7) is 0. The van der Waals surface area contributed by atoms with Crippen molar-refractivity contribution < 1.29 is 22.4 Å². The van der Waals surface area contributed by atoms with E-state index in [0.29, 0.717) is 22.6 Å². The molecule has 3 aromatic rings. The van der Waals surface area contributed by atoms with Crippen LogP contribution < -0.4 is 0 Å². The number of alkyl halides is 3. The highest BCUT2D eigenvalue weighted by Gasteiger charge is 2.30. The Balaban J connectivity index is 1.78. The Labute approximate surface area is 156 Å². The molecule has 0 radical (unpaired) electrons. The summed E-state index contributed by atoms with van der Waals surface area (Å²) in [5.74, 6) is 0.476. The predicted molar refractivity (Wildman–Crippen MR) is 96.7 cm³/mol. The Morgan fingerprint density at radius 3 is 2.42 bits per heavy atom. The third kappa shape index (κ3) is 4.32. The van der Waals surface area contributed by atoms with Crippen molar-refractivity contribution >= 4 is 27.8 Å². The van der Waals surface area contributed by atoms with Gasteiger partial charge in [-0.15, -0.1) is 0 Å². The van der Waals surface area contributed by atoms with Gasteiger partial charge in [0.25, 0.3) is 0 Å². The fourth-order valence-electron chi connectivity index (χ4n) is 2.31. The zero-order chi connectivity index (χ0) is 18.7. The summed E-state index contributed by atoms with van der Waals surface area (Å²) in [4.78, 5) is 12.1. The maximum absolute atomic E-state index is 12.8. The van der Waals surface area contributed by atoms with E-state index in [1.807, 2.05) is 0 Å². The number of halogens is 4. The molecule has 6 heteroatoms. The maximum atomic E-state index is 12.8. The lowest BCUT2D eigenvalue weighted by molar-refractivity contribution is -0.137. The highest BCUT2D eigenvalue weighted by Crippen LogP contribution is 2.32. The Morgan fingerprint density at radius 2 is 1.73 bits per heavy atom. The molecular formula is C20H12BrF3O2. The lowest BCUT2D eigenvalue weighted by atomic mass is 10.1. The smallest absolute Gasteiger partial charge is 0.416 e. The van der Waals surface area contributed by atoms with Crippen molar-refractivity contribution in [3.8, 4) is 11.3 Å². The van der Waals surface area contributed by atoms with Gasteiger partial charge < -0.3 is 4.42 Å². The highest BCUT2D eigenvalue weighted by molar-refractivity contribution is 9.10. The third-order valence-corrected chi connectivity index (χ3v) is 4.16. The number of benzene rings is 2. The molecule has 3 rings (SSSR count). The maximum Gasteiger partial charge on any atom is 0.416 e. The van der Waals surface area contributed by atoms with Crippen LogP contribution in [-0.2, 0) is 6.18 Å². The summed E-state index contributed by atoms with van der Waals surface area (Å²) in [6.07, 6.45) is -1.57. The molecule has 1 aromatic heterocycles. The Hall–Kier alpha value is -2.60. The van der Waals surface area contributed by atoms with Gasteiger partial charge in [0, 0.05) is 15.6 Å². The quantitative estimate of drug-likeness (QED) is 0.350. The average Bonchev–Trinajstić information content (AvgIpc) is 3.09. The Morgan fingerprint density at radius 1 is 1.00 bits per heavy atom. The van der Waals surface area contributed by atoms with Crippen molar-refractivity contribution in [2.45, 2.75) is 6.18 Å². The van der Waals surface area contributed by atoms with Gasteiger partial charge in [-0.05, 0) is 60.7 Å². The largest absolute Gasteiger partial charge is 0.457 e. The van der Waals surface area contributed by atoms with Crippen molar-refractivity contribution in [1.82, 2.24) is 0 Å². The van der Waals surface area contributed by atoms with Crippen LogP contribution in [-0.4, -0.2) is 5.78 Å². The number of hydrogen-bond donors (Lipinski definition) is 0. The molecule has 0 unspecified atom stereocenters. The van der Waals surface area contributed by atoms with Gasteiger partial charge >= 0.3 is 6.18 Å². The summed E-state index contributed by atoms with van der Waals surface area (Å²) in [5.41, 5.74) is 0.0988. The number of ketones is 1. The van der Waals surface area contributed by atoms with E-state index in [4.69, 9.17) is 4.42 Å². The van der Waals surface area contributed by atoms with Gasteiger partial charge in [0.2, 0.25) is 0 Å². The minimum atomic E-state index is -4.41. The normalized spacial score (nSPS) is 11.8. The second kappa shape index (κ2) is 7.33. The van der Waals surface area contributed by atoms with Gasteiger partial charge in [0.15, 0.2) is 5.78 Å². The van der Waals surface area contributed by atoms with Crippen molar-refractivity contribution in [3.63, 3.8) is 0 Å². The summed E-state index contributed by atoms with van der Waals surface area (Å²) in [6, 6.07) is 15.0. The first-order chi connectivity index (χ1) is 12.3. The number of hydrogen-bond acceptors (Lipinski definition) is 2. The van der Waals surface area contributed by atoms with Crippen LogP contribution in [0.25, 0.3) is 17.4 Å². The molecule has 0 aliphatic carbocycles. The van der Waals surface area contributed by atoms with Gasteiger partial charge in [0.1, 0.15) is 11.5 Å². The number of furan rings is 1. The lowest BCUT2D eigenvalue weighted by Gasteiger charge is -2.07. The summed E-state index contributed by atoms with van der Waals surface area (Å²) in [7, 11) is 0. The van der Waals surface area contributed by atoms with E-state index in [1.54, 1.807) is 36.4 Å². The monoisotopic (exact) mass is 420 g/mol. The van der Waals surface area contributed by atoms with Crippen LogP contribution in [0.2, 0.25) is 0 Å². The number of carbonyl (C=O) groups is 1. The first kappa shape index (κ1) is 18.2. The summed E-state index contributed by atoms with van der Waals surface area (Å²) >= 11 is 3.30. The minimum Gasteiger partial charge on any atom is -0.457 e. The standard InChI is InChI=1S/C20H12BrF3O2/c21-16-6-4-13(5-7-16)18(25)10-8-17-9-11-19(26-17)14-2-1-3-15(12-14)20(22,23)24/h1-12H. The van der Waals surface area contributed by atoms with Gasteiger partial charge in [-0.25, -0.2) is 0 Å². The second-order valence-corrected chi connectivity index (χ2v) is 6.40. The first-order valence-electron chi connectivity index (χ1n) is 7.58. The molecule has 0 saturated carbocycles. The van der Waals surface area contributed by atoms with Gasteiger partial charge in [-0.3, -0.25) is 4.79 Å². The molecule has 0 bridgehead atoms. The van der Waals surface area contributed by atoms with E-state index in [9.17, 15) is 18.0 Å². The molecule has 0 amide bonds. The van der Waals surface area contributed by atoms with E-state index >= 15 is 0 Å². The molecule has 1 heterocycles. The molecule has 0 spiro atoms. The van der Waals surface area contributed by atoms with Gasteiger partial charge in [0.05, 0.1) is 5.56 Å². The first-order valence-corrected chi connectivity index (χ1v) is 8.38. The SMILES string of the molecule is O=C(C=Cc1ccc(-c2cccc(C(F)(F)F)c2)o1)c1ccc(Br)cc1.